The van der Waals surface area contributed by atoms with E-state index in [9.17, 15) is 18.7 Å². The van der Waals surface area contributed by atoms with Crippen molar-refractivity contribution in [2.24, 2.45) is 0 Å². The first-order chi connectivity index (χ1) is 17.4. The molecule has 1 unspecified atom stereocenters. The van der Waals surface area contributed by atoms with Gasteiger partial charge in [0.25, 0.3) is 5.91 Å². The average Bonchev–Trinajstić information content (AvgIpc) is 3.23. The molecule has 0 bridgehead atoms. The molecule has 1 N–H and O–H groups in total. The van der Waals surface area contributed by atoms with Crippen molar-refractivity contribution in [3.05, 3.63) is 82.2 Å². The number of hydrogen-bond acceptors (Lipinski definition) is 5. The third-order valence-electron chi connectivity index (χ3n) is 6.97. The van der Waals surface area contributed by atoms with Crippen LogP contribution < -0.4 is 4.74 Å². The fourth-order valence-electron chi connectivity index (χ4n) is 5.12. The molecule has 2 aromatic carbocycles. The number of aliphatic hydroxyl groups is 1. The number of benzene rings is 2. The van der Waals surface area contributed by atoms with Gasteiger partial charge in [0.1, 0.15) is 17.4 Å². The van der Waals surface area contributed by atoms with Crippen molar-refractivity contribution in [2.75, 3.05) is 26.7 Å². The lowest BCUT2D eigenvalue weighted by atomic mass is 10.0. The number of carbonyl (C=O) groups excluding carboxylic acids is 1. The number of hydrogen-bond donors (Lipinski definition) is 1. The molecule has 1 aromatic heterocycles. The fraction of sp³-hybridized carbons (Fsp3) is 0.407. The Hall–Kier alpha value is -3.30. The Kier molecular flexibility index (Phi) is 7.02. The van der Waals surface area contributed by atoms with Gasteiger partial charge in [0.15, 0.2) is 5.69 Å². The van der Waals surface area contributed by atoms with Crippen LogP contribution in [-0.2, 0) is 26.1 Å². The molecule has 5 rings (SSSR count). The van der Waals surface area contributed by atoms with Gasteiger partial charge in [0.2, 0.25) is 0 Å². The summed E-state index contributed by atoms with van der Waals surface area (Å²) >= 11 is 0. The zero-order valence-corrected chi connectivity index (χ0v) is 20.3. The van der Waals surface area contributed by atoms with Gasteiger partial charge in [-0.25, -0.2) is 8.78 Å². The smallest absolute Gasteiger partial charge is 0.274 e. The molecule has 0 spiro atoms. The lowest BCUT2D eigenvalue weighted by Crippen LogP contribution is -2.43. The van der Waals surface area contributed by atoms with E-state index in [1.165, 1.54) is 6.07 Å². The summed E-state index contributed by atoms with van der Waals surface area (Å²) in [5.74, 6) is -0.382. The van der Waals surface area contributed by atoms with Crippen molar-refractivity contribution in [1.82, 2.24) is 19.6 Å². The summed E-state index contributed by atoms with van der Waals surface area (Å²) in [6.07, 6.45) is 1.51. The van der Waals surface area contributed by atoms with Crippen LogP contribution in [0.1, 0.15) is 45.7 Å². The largest absolute Gasteiger partial charge is 0.497 e. The molecule has 2 aliphatic heterocycles. The summed E-state index contributed by atoms with van der Waals surface area (Å²) in [5, 5.41) is 14.9. The predicted octanol–water partition coefficient (Wildman–Crippen LogP) is 3.37. The maximum atomic E-state index is 14.3. The molecule has 9 heteroatoms. The predicted molar refractivity (Wildman–Crippen MR) is 130 cm³/mol. The maximum Gasteiger partial charge on any atom is 0.274 e. The third kappa shape index (κ3) is 5.12. The highest BCUT2D eigenvalue weighted by Gasteiger charge is 2.32. The molecule has 1 fully saturated rings. The molecule has 1 amide bonds. The minimum Gasteiger partial charge on any atom is -0.497 e. The Morgan fingerprint density at radius 2 is 2.03 bits per heavy atom. The Balaban J connectivity index is 1.46. The quantitative estimate of drug-likeness (QED) is 0.567. The first-order valence-corrected chi connectivity index (χ1v) is 12.3. The summed E-state index contributed by atoms with van der Waals surface area (Å²) in [7, 11) is 1.62. The summed E-state index contributed by atoms with van der Waals surface area (Å²) in [5.41, 5.74) is 3.43. The monoisotopic (exact) mass is 496 g/mol. The van der Waals surface area contributed by atoms with Crippen LogP contribution in [0.25, 0.3) is 0 Å². The number of halogens is 2. The van der Waals surface area contributed by atoms with Gasteiger partial charge < -0.3 is 14.7 Å². The minimum absolute atomic E-state index is 0.201. The normalized spacial score (nSPS) is 18.2. The van der Waals surface area contributed by atoms with Crippen molar-refractivity contribution >= 4 is 5.91 Å². The second-order valence-electron chi connectivity index (χ2n) is 9.53. The Labute approximate surface area is 208 Å². The molecule has 7 nitrogen and oxygen atoms in total. The zero-order chi connectivity index (χ0) is 25.2. The van der Waals surface area contributed by atoms with Gasteiger partial charge in [-0.1, -0.05) is 12.1 Å². The number of carbonyl (C=O) groups is 1. The van der Waals surface area contributed by atoms with Crippen LogP contribution in [0.2, 0.25) is 0 Å². The number of fused-ring (bicyclic) bond motifs is 1. The van der Waals surface area contributed by atoms with Crippen molar-refractivity contribution < 1.29 is 23.4 Å². The van der Waals surface area contributed by atoms with Gasteiger partial charge in [-0.2, -0.15) is 5.10 Å². The molecule has 0 radical (unpaired) electrons. The molecule has 3 heterocycles. The highest BCUT2D eigenvalue weighted by atomic mass is 19.1. The van der Waals surface area contributed by atoms with Gasteiger partial charge in [-0.3, -0.25) is 14.4 Å². The number of ether oxygens (including phenoxy) is 1. The Morgan fingerprint density at radius 1 is 1.17 bits per heavy atom. The highest BCUT2D eigenvalue weighted by molar-refractivity contribution is 5.94. The number of amides is 1. The van der Waals surface area contributed by atoms with Crippen LogP contribution in [-0.4, -0.2) is 63.4 Å². The number of nitrogens with zero attached hydrogens (tertiary/aromatic N) is 4. The average molecular weight is 497 g/mol. The molecule has 0 saturated carbocycles. The van der Waals surface area contributed by atoms with E-state index in [0.29, 0.717) is 44.7 Å². The van der Waals surface area contributed by atoms with Gasteiger partial charge in [0.05, 0.1) is 19.8 Å². The van der Waals surface area contributed by atoms with Gasteiger partial charge in [0, 0.05) is 56.0 Å². The topological polar surface area (TPSA) is 70.8 Å². The van der Waals surface area contributed by atoms with E-state index in [1.807, 2.05) is 33.8 Å². The lowest BCUT2D eigenvalue weighted by Gasteiger charge is -2.31. The van der Waals surface area contributed by atoms with Crippen molar-refractivity contribution in [3.8, 4) is 5.75 Å². The zero-order valence-electron chi connectivity index (χ0n) is 20.3. The first-order valence-electron chi connectivity index (χ1n) is 12.3. The molecule has 1 saturated heterocycles. The first kappa shape index (κ1) is 24.4. The van der Waals surface area contributed by atoms with Crippen LogP contribution in [0, 0.1) is 11.6 Å². The van der Waals surface area contributed by atoms with E-state index in [4.69, 9.17) is 9.84 Å². The van der Waals surface area contributed by atoms with Gasteiger partial charge in [-0.15, -0.1) is 0 Å². The molecule has 1 atom stereocenters. The van der Waals surface area contributed by atoms with E-state index < -0.39 is 17.7 Å². The van der Waals surface area contributed by atoms with Crippen molar-refractivity contribution in [3.63, 3.8) is 0 Å². The van der Waals surface area contributed by atoms with Crippen molar-refractivity contribution in [2.45, 2.75) is 45.0 Å². The third-order valence-corrected chi connectivity index (χ3v) is 6.97. The molecular weight excluding hydrogens is 466 g/mol. The fourth-order valence-corrected chi connectivity index (χ4v) is 5.12. The van der Waals surface area contributed by atoms with E-state index in [-0.39, 0.29) is 24.6 Å². The summed E-state index contributed by atoms with van der Waals surface area (Å²) in [4.78, 5) is 17.2. The molecule has 36 heavy (non-hydrogen) atoms. The van der Waals surface area contributed by atoms with E-state index in [1.54, 1.807) is 12.0 Å². The molecule has 3 aromatic rings. The molecule has 0 aliphatic carbocycles. The molecule has 190 valence electrons. The number of likely N-dealkylation sites (tertiary alicyclic amines) is 1. The number of aromatic nitrogens is 2. The maximum absolute atomic E-state index is 14.3. The van der Waals surface area contributed by atoms with Crippen LogP contribution in [0.4, 0.5) is 8.78 Å². The lowest BCUT2D eigenvalue weighted by molar-refractivity contribution is 0.0466. The van der Waals surface area contributed by atoms with Crippen molar-refractivity contribution in [1.29, 1.82) is 0 Å². The summed E-state index contributed by atoms with van der Waals surface area (Å²) in [6.45, 7) is 2.61. The van der Waals surface area contributed by atoms with E-state index in [0.717, 1.165) is 41.1 Å². The summed E-state index contributed by atoms with van der Waals surface area (Å²) in [6, 6.07) is 11.2. The van der Waals surface area contributed by atoms with E-state index >= 15 is 0 Å². The molecular formula is C27H30F2N4O3. The number of rotatable bonds is 6. The minimum atomic E-state index is -0.537. The number of methoxy groups -OCH3 is 1. The van der Waals surface area contributed by atoms with Gasteiger partial charge in [-0.05, 0) is 48.7 Å². The van der Waals surface area contributed by atoms with Crippen LogP contribution >= 0.6 is 0 Å². The number of piperidine rings is 1. The highest BCUT2D eigenvalue weighted by Crippen LogP contribution is 2.27. The van der Waals surface area contributed by atoms with E-state index in [2.05, 4.69) is 0 Å². The van der Waals surface area contributed by atoms with Gasteiger partial charge >= 0.3 is 0 Å². The molecule has 2 aliphatic rings. The number of β-amino-alcohol motifs (C(OH)–C–C–N with tert-alkyl or cyclic N) is 1. The second-order valence-corrected chi connectivity index (χ2v) is 9.53. The van der Waals surface area contributed by atoms with Crippen LogP contribution in [0.5, 0.6) is 5.75 Å². The Bertz CT molecular complexity index is 1260. The Morgan fingerprint density at radius 3 is 2.83 bits per heavy atom. The SMILES string of the molecule is COc1cccc(Cn2nc(C(=O)N3CCCC(O)C3)c3c2CCN(Cc2cc(F)ccc2F)C3)c1. The standard InChI is InChI=1S/C27H30F2N4O3/c1-36-22-6-2-4-18(12-22)14-33-25-9-11-31(15-19-13-20(28)7-8-24(19)29)17-23(25)26(30-33)27(35)32-10-3-5-21(34)16-32/h2,4,6-8,12-13,21,34H,3,5,9-11,14-17H2,1H3. The second kappa shape index (κ2) is 10.4. The number of aliphatic hydroxyl groups excluding tert-OH is 1. The van der Waals surface area contributed by atoms with Crippen LogP contribution in [0.3, 0.4) is 0 Å². The van der Waals surface area contributed by atoms with Crippen LogP contribution in [0.15, 0.2) is 42.5 Å². The summed E-state index contributed by atoms with van der Waals surface area (Å²) < 4.78 is 35.3.